The third kappa shape index (κ3) is 3.49. The summed E-state index contributed by atoms with van der Waals surface area (Å²) in [5.41, 5.74) is 1.35. The molecule has 0 bridgehead atoms. The monoisotopic (exact) mass is 183 g/mol. The normalized spacial score (nSPS) is 30.2. The van der Waals surface area contributed by atoms with E-state index in [1.54, 1.807) is 0 Å². The number of hydrogen-bond donors (Lipinski definition) is 1. The lowest BCUT2D eigenvalue weighted by Crippen LogP contribution is -2.40. The smallest absolute Gasteiger partial charge is 0.0595 e. The standard InChI is InChI=1S/C11H21NO/c1-9(2)4-5-10-8-12(3)7-6-11(10)13/h4,10-11,13H,5-8H2,1-3H3. The van der Waals surface area contributed by atoms with Crippen LogP contribution in [0.15, 0.2) is 11.6 Å². The first-order chi connectivity index (χ1) is 6.09. The molecule has 1 fully saturated rings. The minimum absolute atomic E-state index is 0.0909. The van der Waals surface area contributed by atoms with E-state index in [1.165, 1.54) is 5.57 Å². The number of aliphatic hydroxyl groups is 1. The third-order valence-corrected chi connectivity index (χ3v) is 2.73. The summed E-state index contributed by atoms with van der Waals surface area (Å²) in [7, 11) is 2.13. The first-order valence-corrected chi connectivity index (χ1v) is 5.09. The van der Waals surface area contributed by atoms with Crippen LogP contribution in [0.4, 0.5) is 0 Å². The van der Waals surface area contributed by atoms with Crippen molar-refractivity contribution in [2.75, 3.05) is 20.1 Å². The van der Waals surface area contributed by atoms with Crippen LogP contribution in [0.25, 0.3) is 0 Å². The predicted octanol–water partition coefficient (Wildman–Crippen LogP) is 1.66. The molecule has 1 aliphatic heterocycles. The average Bonchev–Trinajstić information content (AvgIpc) is 2.06. The molecular formula is C11H21NO. The van der Waals surface area contributed by atoms with Crippen molar-refractivity contribution in [1.29, 1.82) is 0 Å². The molecule has 76 valence electrons. The van der Waals surface area contributed by atoms with Crippen molar-refractivity contribution < 1.29 is 5.11 Å². The zero-order valence-electron chi connectivity index (χ0n) is 8.95. The van der Waals surface area contributed by atoms with Gasteiger partial charge in [0.1, 0.15) is 0 Å². The van der Waals surface area contributed by atoms with E-state index in [2.05, 4.69) is 31.9 Å². The molecular weight excluding hydrogens is 162 g/mol. The molecule has 0 aliphatic carbocycles. The molecule has 1 saturated heterocycles. The molecule has 0 aromatic heterocycles. The fourth-order valence-electron chi connectivity index (χ4n) is 1.82. The van der Waals surface area contributed by atoms with Gasteiger partial charge in [0.25, 0.3) is 0 Å². The van der Waals surface area contributed by atoms with Gasteiger partial charge in [0, 0.05) is 19.0 Å². The summed E-state index contributed by atoms with van der Waals surface area (Å²) in [5, 5.41) is 9.74. The van der Waals surface area contributed by atoms with Gasteiger partial charge in [-0.15, -0.1) is 0 Å². The number of hydrogen-bond acceptors (Lipinski definition) is 2. The van der Waals surface area contributed by atoms with Crippen LogP contribution in [0.5, 0.6) is 0 Å². The summed E-state index contributed by atoms with van der Waals surface area (Å²) in [6.07, 6.45) is 4.09. The molecule has 2 atom stereocenters. The van der Waals surface area contributed by atoms with Crippen LogP contribution in [0.1, 0.15) is 26.7 Å². The van der Waals surface area contributed by atoms with E-state index < -0.39 is 0 Å². The summed E-state index contributed by atoms with van der Waals surface area (Å²) in [6.45, 7) is 6.29. The van der Waals surface area contributed by atoms with E-state index in [1.807, 2.05) is 0 Å². The maximum Gasteiger partial charge on any atom is 0.0595 e. The third-order valence-electron chi connectivity index (χ3n) is 2.73. The Kier molecular flexibility index (Phi) is 3.94. The molecule has 0 radical (unpaired) electrons. The molecule has 2 unspecified atom stereocenters. The molecule has 0 aromatic rings. The Morgan fingerprint density at radius 2 is 2.23 bits per heavy atom. The molecule has 0 saturated carbocycles. The fourth-order valence-corrected chi connectivity index (χ4v) is 1.82. The van der Waals surface area contributed by atoms with Gasteiger partial charge in [0.05, 0.1) is 6.10 Å². The van der Waals surface area contributed by atoms with E-state index in [0.717, 1.165) is 25.9 Å². The van der Waals surface area contributed by atoms with Crippen molar-refractivity contribution >= 4 is 0 Å². The summed E-state index contributed by atoms with van der Waals surface area (Å²) in [4.78, 5) is 2.30. The van der Waals surface area contributed by atoms with Gasteiger partial charge in [-0.3, -0.25) is 0 Å². The zero-order valence-corrected chi connectivity index (χ0v) is 8.95. The van der Waals surface area contributed by atoms with Crippen LogP contribution in [0.3, 0.4) is 0 Å². The minimum Gasteiger partial charge on any atom is -0.393 e. The molecule has 1 N–H and O–H groups in total. The summed E-state index contributed by atoms with van der Waals surface area (Å²) >= 11 is 0. The van der Waals surface area contributed by atoms with Crippen LogP contribution in [-0.4, -0.2) is 36.2 Å². The van der Waals surface area contributed by atoms with E-state index >= 15 is 0 Å². The van der Waals surface area contributed by atoms with Crippen LogP contribution in [0, 0.1) is 5.92 Å². The molecule has 1 rings (SSSR count). The first kappa shape index (κ1) is 10.7. The highest BCUT2D eigenvalue weighted by molar-refractivity contribution is 4.96. The fraction of sp³-hybridized carbons (Fsp3) is 0.818. The SMILES string of the molecule is CC(C)=CCC1CN(C)CCC1O. The van der Waals surface area contributed by atoms with Gasteiger partial charge in [0.15, 0.2) is 0 Å². The molecule has 0 amide bonds. The Bertz CT molecular complexity index is 185. The van der Waals surface area contributed by atoms with Gasteiger partial charge in [0.2, 0.25) is 0 Å². The molecule has 1 heterocycles. The minimum atomic E-state index is -0.0909. The number of likely N-dealkylation sites (tertiary alicyclic amines) is 1. The van der Waals surface area contributed by atoms with E-state index in [-0.39, 0.29) is 6.10 Å². The molecule has 0 spiro atoms. The topological polar surface area (TPSA) is 23.5 Å². The number of allylic oxidation sites excluding steroid dienone is 2. The Labute approximate surface area is 81.2 Å². The van der Waals surface area contributed by atoms with Crippen molar-refractivity contribution in [3.8, 4) is 0 Å². The van der Waals surface area contributed by atoms with Gasteiger partial charge < -0.3 is 10.0 Å². The molecule has 2 nitrogen and oxygen atoms in total. The van der Waals surface area contributed by atoms with Gasteiger partial charge in [-0.1, -0.05) is 11.6 Å². The number of rotatable bonds is 2. The lowest BCUT2D eigenvalue weighted by molar-refractivity contribution is 0.0378. The molecule has 0 aromatic carbocycles. The second-order valence-corrected chi connectivity index (χ2v) is 4.40. The quantitative estimate of drug-likeness (QED) is 0.658. The summed E-state index contributed by atoms with van der Waals surface area (Å²) in [6, 6.07) is 0. The largest absolute Gasteiger partial charge is 0.393 e. The van der Waals surface area contributed by atoms with Crippen molar-refractivity contribution in [3.05, 3.63) is 11.6 Å². The van der Waals surface area contributed by atoms with E-state index in [0.29, 0.717) is 5.92 Å². The van der Waals surface area contributed by atoms with E-state index in [4.69, 9.17) is 0 Å². The number of aliphatic hydroxyl groups excluding tert-OH is 1. The van der Waals surface area contributed by atoms with Gasteiger partial charge in [-0.25, -0.2) is 0 Å². The highest BCUT2D eigenvalue weighted by Crippen LogP contribution is 2.20. The second kappa shape index (κ2) is 4.77. The Balaban J connectivity index is 2.42. The van der Waals surface area contributed by atoms with Gasteiger partial charge >= 0.3 is 0 Å². The Morgan fingerprint density at radius 3 is 2.85 bits per heavy atom. The van der Waals surface area contributed by atoms with Gasteiger partial charge in [-0.05, 0) is 33.7 Å². The van der Waals surface area contributed by atoms with Crippen molar-refractivity contribution in [1.82, 2.24) is 4.90 Å². The first-order valence-electron chi connectivity index (χ1n) is 5.09. The molecule has 1 aliphatic rings. The van der Waals surface area contributed by atoms with Crippen LogP contribution in [-0.2, 0) is 0 Å². The Hall–Kier alpha value is -0.340. The molecule has 2 heteroatoms. The highest BCUT2D eigenvalue weighted by Gasteiger charge is 2.24. The molecule has 13 heavy (non-hydrogen) atoms. The summed E-state index contributed by atoms with van der Waals surface area (Å²) in [5.74, 6) is 0.439. The van der Waals surface area contributed by atoms with Crippen LogP contribution < -0.4 is 0 Å². The van der Waals surface area contributed by atoms with Crippen molar-refractivity contribution in [2.24, 2.45) is 5.92 Å². The maximum atomic E-state index is 9.74. The van der Waals surface area contributed by atoms with Crippen LogP contribution >= 0.6 is 0 Å². The van der Waals surface area contributed by atoms with Gasteiger partial charge in [-0.2, -0.15) is 0 Å². The summed E-state index contributed by atoms with van der Waals surface area (Å²) < 4.78 is 0. The average molecular weight is 183 g/mol. The van der Waals surface area contributed by atoms with Crippen LogP contribution in [0.2, 0.25) is 0 Å². The maximum absolute atomic E-state index is 9.74. The second-order valence-electron chi connectivity index (χ2n) is 4.40. The van der Waals surface area contributed by atoms with Crippen molar-refractivity contribution in [3.63, 3.8) is 0 Å². The number of piperidine rings is 1. The lowest BCUT2D eigenvalue weighted by atomic mass is 9.91. The number of nitrogens with zero attached hydrogens (tertiary/aromatic N) is 1. The zero-order chi connectivity index (χ0) is 9.84. The lowest BCUT2D eigenvalue weighted by Gasteiger charge is -2.33. The highest BCUT2D eigenvalue weighted by atomic mass is 16.3. The van der Waals surface area contributed by atoms with E-state index in [9.17, 15) is 5.11 Å². The van der Waals surface area contributed by atoms with Crippen molar-refractivity contribution in [2.45, 2.75) is 32.8 Å². The Morgan fingerprint density at radius 1 is 1.54 bits per heavy atom. The predicted molar refractivity (Wildman–Crippen MR) is 55.7 cm³/mol.